The van der Waals surface area contributed by atoms with Crippen LogP contribution in [0.2, 0.25) is 0 Å². The number of hydrogen-bond acceptors (Lipinski definition) is 3. The Kier molecular flexibility index (Phi) is 4.85. The van der Waals surface area contributed by atoms with E-state index < -0.39 is 5.60 Å². The fourth-order valence-corrected chi connectivity index (χ4v) is 3.28. The van der Waals surface area contributed by atoms with E-state index in [4.69, 9.17) is 0 Å². The number of amides is 1. The van der Waals surface area contributed by atoms with Crippen molar-refractivity contribution in [2.75, 3.05) is 19.6 Å². The van der Waals surface area contributed by atoms with Crippen LogP contribution in [-0.4, -0.2) is 47.2 Å². The highest BCUT2D eigenvalue weighted by Crippen LogP contribution is 2.29. The highest BCUT2D eigenvalue weighted by atomic mass is 16.3. The molecule has 4 heteroatoms. The summed E-state index contributed by atoms with van der Waals surface area (Å²) in [7, 11) is 0. The number of nitrogens with zero attached hydrogens (tertiary/aromatic N) is 1. The van der Waals surface area contributed by atoms with Crippen molar-refractivity contribution < 1.29 is 9.90 Å². The molecule has 2 fully saturated rings. The lowest BCUT2D eigenvalue weighted by Gasteiger charge is -2.34. The van der Waals surface area contributed by atoms with Gasteiger partial charge in [0.15, 0.2) is 0 Å². The average Bonchev–Trinajstić information content (AvgIpc) is 2.79. The lowest BCUT2D eigenvalue weighted by Crippen LogP contribution is -2.52. The van der Waals surface area contributed by atoms with E-state index in [1.165, 1.54) is 0 Å². The molecule has 1 aliphatic carbocycles. The van der Waals surface area contributed by atoms with Gasteiger partial charge in [-0.1, -0.05) is 13.8 Å². The molecule has 0 spiro atoms. The molecule has 1 aliphatic heterocycles. The van der Waals surface area contributed by atoms with Crippen LogP contribution in [0.5, 0.6) is 0 Å². The SMILES string of the molecule is CC(C)CN1CCC(NC(=O)C2(O)CCCC2)CC1. The van der Waals surface area contributed by atoms with Crippen molar-refractivity contribution in [3.05, 3.63) is 0 Å². The topological polar surface area (TPSA) is 52.6 Å². The first-order valence-corrected chi connectivity index (χ1v) is 7.75. The largest absolute Gasteiger partial charge is 0.380 e. The van der Waals surface area contributed by atoms with Crippen LogP contribution in [0.15, 0.2) is 0 Å². The van der Waals surface area contributed by atoms with Gasteiger partial charge >= 0.3 is 0 Å². The first-order valence-electron chi connectivity index (χ1n) is 7.75. The minimum atomic E-state index is -1.07. The fraction of sp³-hybridized carbons (Fsp3) is 0.933. The highest BCUT2D eigenvalue weighted by molar-refractivity contribution is 5.85. The van der Waals surface area contributed by atoms with Crippen LogP contribution in [0.4, 0.5) is 0 Å². The Morgan fingerprint density at radius 1 is 1.32 bits per heavy atom. The second-order valence-electron chi connectivity index (χ2n) is 6.68. The summed E-state index contributed by atoms with van der Waals surface area (Å²) in [6, 6.07) is 0.250. The summed E-state index contributed by atoms with van der Waals surface area (Å²) in [5.74, 6) is 0.567. The maximum absolute atomic E-state index is 12.1. The van der Waals surface area contributed by atoms with Crippen molar-refractivity contribution in [1.29, 1.82) is 0 Å². The Hall–Kier alpha value is -0.610. The minimum absolute atomic E-state index is 0.132. The van der Waals surface area contributed by atoms with Crippen molar-refractivity contribution in [3.63, 3.8) is 0 Å². The van der Waals surface area contributed by atoms with Crippen molar-refractivity contribution in [3.8, 4) is 0 Å². The van der Waals surface area contributed by atoms with Crippen LogP contribution >= 0.6 is 0 Å². The van der Waals surface area contributed by atoms with Gasteiger partial charge in [0.05, 0.1) is 0 Å². The van der Waals surface area contributed by atoms with Crippen molar-refractivity contribution >= 4 is 5.91 Å². The maximum Gasteiger partial charge on any atom is 0.252 e. The third kappa shape index (κ3) is 3.93. The van der Waals surface area contributed by atoms with E-state index in [0.717, 1.165) is 45.3 Å². The third-order valence-electron chi connectivity index (χ3n) is 4.40. The third-order valence-corrected chi connectivity index (χ3v) is 4.40. The first-order chi connectivity index (χ1) is 8.99. The number of nitrogens with one attached hydrogen (secondary N) is 1. The molecular formula is C15H28N2O2. The molecule has 0 radical (unpaired) electrons. The van der Waals surface area contributed by atoms with E-state index in [-0.39, 0.29) is 11.9 Å². The molecule has 0 aromatic rings. The number of aliphatic hydroxyl groups is 1. The van der Waals surface area contributed by atoms with Crippen LogP contribution < -0.4 is 5.32 Å². The summed E-state index contributed by atoms with van der Waals surface area (Å²) in [6.07, 6.45) is 5.21. The Labute approximate surface area is 116 Å². The molecule has 2 aliphatic rings. The lowest BCUT2D eigenvalue weighted by atomic mass is 9.98. The number of likely N-dealkylation sites (tertiary alicyclic amines) is 1. The normalized spacial score (nSPS) is 24.8. The molecule has 110 valence electrons. The maximum atomic E-state index is 12.1. The second-order valence-corrected chi connectivity index (χ2v) is 6.68. The first kappa shape index (κ1) is 14.8. The van der Waals surface area contributed by atoms with Gasteiger partial charge in [0.2, 0.25) is 0 Å². The molecule has 2 N–H and O–H groups in total. The van der Waals surface area contributed by atoms with Crippen molar-refractivity contribution in [1.82, 2.24) is 10.2 Å². The molecule has 2 rings (SSSR count). The fourth-order valence-electron chi connectivity index (χ4n) is 3.28. The van der Waals surface area contributed by atoms with Gasteiger partial charge in [0.1, 0.15) is 5.60 Å². The molecule has 1 amide bonds. The summed E-state index contributed by atoms with van der Waals surface area (Å²) >= 11 is 0. The van der Waals surface area contributed by atoms with E-state index in [0.29, 0.717) is 18.8 Å². The molecule has 0 unspecified atom stereocenters. The summed E-state index contributed by atoms with van der Waals surface area (Å²) in [5, 5.41) is 13.3. The van der Waals surface area contributed by atoms with E-state index in [1.54, 1.807) is 0 Å². The molecule has 1 heterocycles. The van der Waals surface area contributed by atoms with Crippen molar-refractivity contribution in [2.24, 2.45) is 5.92 Å². The van der Waals surface area contributed by atoms with Crippen molar-refractivity contribution in [2.45, 2.75) is 64.0 Å². The minimum Gasteiger partial charge on any atom is -0.380 e. The van der Waals surface area contributed by atoms with E-state index in [2.05, 4.69) is 24.1 Å². The number of carbonyl (C=O) groups is 1. The Balaban J connectivity index is 1.75. The predicted octanol–water partition coefficient (Wildman–Crippen LogP) is 1.53. The predicted molar refractivity (Wildman–Crippen MR) is 75.9 cm³/mol. The number of piperidine rings is 1. The number of hydrogen-bond donors (Lipinski definition) is 2. The Morgan fingerprint density at radius 3 is 2.42 bits per heavy atom. The smallest absolute Gasteiger partial charge is 0.252 e. The molecule has 19 heavy (non-hydrogen) atoms. The molecule has 0 aromatic heterocycles. The standard InChI is InChI=1S/C15H28N2O2/c1-12(2)11-17-9-5-13(6-10-17)16-14(18)15(19)7-3-4-8-15/h12-13,19H,3-11H2,1-2H3,(H,16,18). The number of rotatable bonds is 4. The monoisotopic (exact) mass is 268 g/mol. The summed E-state index contributed by atoms with van der Waals surface area (Å²) < 4.78 is 0. The van der Waals surface area contributed by atoms with Gasteiger partial charge in [-0.25, -0.2) is 0 Å². The molecule has 0 bridgehead atoms. The van der Waals surface area contributed by atoms with E-state index in [9.17, 15) is 9.90 Å². The van der Waals surface area contributed by atoms with Crippen LogP contribution in [0, 0.1) is 5.92 Å². The Morgan fingerprint density at radius 2 is 1.89 bits per heavy atom. The average molecular weight is 268 g/mol. The highest BCUT2D eigenvalue weighted by Gasteiger charge is 2.39. The lowest BCUT2D eigenvalue weighted by molar-refractivity contribution is -0.140. The summed E-state index contributed by atoms with van der Waals surface area (Å²) in [4.78, 5) is 14.6. The van der Waals surface area contributed by atoms with Gasteiger partial charge in [0, 0.05) is 25.7 Å². The summed E-state index contributed by atoms with van der Waals surface area (Å²) in [5.41, 5.74) is -1.07. The molecule has 1 saturated heterocycles. The van der Waals surface area contributed by atoms with E-state index >= 15 is 0 Å². The quantitative estimate of drug-likeness (QED) is 0.813. The van der Waals surface area contributed by atoms with Gasteiger partial charge in [-0.3, -0.25) is 4.79 Å². The Bertz CT molecular complexity index is 303. The van der Waals surface area contributed by atoms with Crippen LogP contribution in [0.1, 0.15) is 52.4 Å². The zero-order valence-electron chi connectivity index (χ0n) is 12.3. The zero-order valence-corrected chi connectivity index (χ0v) is 12.3. The summed E-state index contributed by atoms with van der Waals surface area (Å²) in [6.45, 7) is 7.74. The van der Waals surface area contributed by atoms with Gasteiger partial charge in [-0.15, -0.1) is 0 Å². The molecule has 0 aromatic carbocycles. The second kappa shape index (κ2) is 6.23. The zero-order chi connectivity index (χ0) is 13.9. The van der Waals surface area contributed by atoms with Gasteiger partial charge in [-0.2, -0.15) is 0 Å². The van der Waals surface area contributed by atoms with Crippen LogP contribution in [0.25, 0.3) is 0 Å². The molecule has 1 saturated carbocycles. The molecular weight excluding hydrogens is 240 g/mol. The van der Waals surface area contributed by atoms with Crippen LogP contribution in [-0.2, 0) is 4.79 Å². The molecule has 0 atom stereocenters. The molecule has 4 nitrogen and oxygen atoms in total. The van der Waals surface area contributed by atoms with E-state index in [1.807, 2.05) is 0 Å². The van der Waals surface area contributed by atoms with Gasteiger partial charge in [-0.05, 0) is 44.4 Å². The van der Waals surface area contributed by atoms with Gasteiger partial charge < -0.3 is 15.3 Å². The number of carbonyl (C=O) groups excluding carboxylic acids is 1. The van der Waals surface area contributed by atoms with Crippen LogP contribution in [0.3, 0.4) is 0 Å². The van der Waals surface area contributed by atoms with Gasteiger partial charge in [0.25, 0.3) is 5.91 Å².